The first-order chi connectivity index (χ1) is 9.83. The van der Waals surface area contributed by atoms with E-state index in [1.807, 2.05) is 65.3 Å². The second-order valence-corrected chi connectivity index (χ2v) is 4.34. The molecular formula is C17H13N3. The van der Waals surface area contributed by atoms with Crippen molar-refractivity contribution >= 4 is 5.69 Å². The third-order valence-corrected chi connectivity index (χ3v) is 2.87. The topological polar surface area (TPSA) is 43.8 Å². The molecule has 2 aromatic carbocycles. The summed E-state index contributed by atoms with van der Waals surface area (Å²) in [5.74, 6) is 6.24. The Balaban J connectivity index is 1.96. The minimum absolute atomic E-state index is 0.716. The molecule has 0 fully saturated rings. The van der Waals surface area contributed by atoms with Crippen molar-refractivity contribution in [3.05, 3.63) is 78.1 Å². The van der Waals surface area contributed by atoms with Crippen LogP contribution in [0.5, 0.6) is 0 Å². The zero-order chi connectivity index (χ0) is 13.8. The highest BCUT2D eigenvalue weighted by molar-refractivity contribution is 5.49. The molecule has 0 radical (unpaired) electrons. The van der Waals surface area contributed by atoms with Gasteiger partial charge in [-0.25, -0.2) is 4.68 Å². The summed E-state index contributed by atoms with van der Waals surface area (Å²) >= 11 is 0. The van der Waals surface area contributed by atoms with E-state index in [9.17, 15) is 0 Å². The van der Waals surface area contributed by atoms with Crippen molar-refractivity contribution < 1.29 is 0 Å². The van der Waals surface area contributed by atoms with Crippen LogP contribution in [-0.4, -0.2) is 9.78 Å². The first kappa shape index (κ1) is 12.1. The first-order valence-corrected chi connectivity index (χ1v) is 6.30. The summed E-state index contributed by atoms with van der Waals surface area (Å²) in [5.41, 5.74) is 9.19. The minimum atomic E-state index is 0.716. The second-order valence-electron chi connectivity index (χ2n) is 4.34. The summed E-state index contributed by atoms with van der Waals surface area (Å²) in [6.07, 6.45) is 1.75. The second kappa shape index (κ2) is 5.33. The van der Waals surface area contributed by atoms with Gasteiger partial charge in [-0.15, -0.1) is 0 Å². The maximum atomic E-state index is 5.74. The Kier molecular flexibility index (Phi) is 3.22. The summed E-state index contributed by atoms with van der Waals surface area (Å²) < 4.78 is 1.82. The van der Waals surface area contributed by atoms with Crippen LogP contribution < -0.4 is 5.73 Å². The molecular weight excluding hydrogens is 246 g/mol. The SMILES string of the molecule is Nc1cccc(C#Cc2ccnn2-c2ccccc2)c1. The molecule has 3 nitrogen and oxygen atoms in total. The highest BCUT2D eigenvalue weighted by atomic mass is 15.3. The fourth-order valence-electron chi connectivity index (χ4n) is 1.93. The van der Waals surface area contributed by atoms with Crippen molar-refractivity contribution in [3.63, 3.8) is 0 Å². The van der Waals surface area contributed by atoms with Gasteiger partial charge in [-0.2, -0.15) is 5.10 Å². The van der Waals surface area contributed by atoms with Crippen molar-refractivity contribution in [1.29, 1.82) is 0 Å². The zero-order valence-electron chi connectivity index (χ0n) is 10.8. The number of anilines is 1. The molecule has 3 rings (SSSR count). The Morgan fingerprint density at radius 3 is 2.55 bits per heavy atom. The predicted molar refractivity (Wildman–Crippen MR) is 80.4 cm³/mol. The number of hydrogen-bond donors (Lipinski definition) is 1. The maximum Gasteiger partial charge on any atom is 0.117 e. The molecule has 20 heavy (non-hydrogen) atoms. The van der Waals surface area contributed by atoms with Crippen LogP contribution in [0.15, 0.2) is 66.9 Å². The number of benzene rings is 2. The average molecular weight is 259 g/mol. The molecule has 0 aliphatic heterocycles. The summed E-state index contributed by atoms with van der Waals surface area (Å²) in [5, 5.41) is 4.31. The van der Waals surface area contributed by atoms with Crippen LogP contribution >= 0.6 is 0 Å². The van der Waals surface area contributed by atoms with E-state index >= 15 is 0 Å². The van der Waals surface area contributed by atoms with E-state index in [0.29, 0.717) is 5.69 Å². The third-order valence-electron chi connectivity index (χ3n) is 2.87. The quantitative estimate of drug-likeness (QED) is 0.539. The van der Waals surface area contributed by atoms with Gasteiger partial charge in [-0.3, -0.25) is 0 Å². The van der Waals surface area contributed by atoms with Crippen LogP contribution in [0.4, 0.5) is 5.69 Å². The Morgan fingerprint density at radius 2 is 1.75 bits per heavy atom. The van der Waals surface area contributed by atoms with Crippen molar-refractivity contribution in [1.82, 2.24) is 9.78 Å². The molecule has 96 valence electrons. The lowest BCUT2D eigenvalue weighted by atomic mass is 10.2. The number of nitrogen functional groups attached to an aromatic ring is 1. The fraction of sp³-hybridized carbons (Fsp3) is 0. The van der Waals surface area contributed by atoms with Crippen LogP contribution in [0.3, 0.4) is 0 Å². The Bertz CT molecular complexity index is 776. The molecule has 1 aromatic heterocycles. The average Bonchev–Trinajstić information content (AvgIpc) is 2.95. The van der Waals surface area contributed by atoms with Gasteiger partial charge in [0.15, 0.2) is 0 Å². The molecule has 0 saturated carbocycles. The van der Waals surface area contributed by atoms with Crippen LogP contribution in [0.1, 0.15) is 11.3 Å². The summed E-state index contributed by atoms with van der Waals surface area (Å²) in [4.78, 5) is 0. The number of nitrogens with zero attached hydrogens (tertiary/aromatic N) is 2. The van der Waals surface area contributed by atoms with Gasteiger partial charge in [0.25, 0.3) is 0 Å². The van der Waals surface area contributed by atoms with E-state index in [-0.39, 0.29) is 0 Å². The fourth-order valence-corrected chi connectivity index (χ4v) is 1.93. The molecule has 0 aliphatic carbocycles. The molecule has 1 heterocycles. The largest absolute Gasteiger partial charge is 0.399 e. The van der Waals surface area contributed by atoms with Gasteiger partial charge < -0.3 is 5.73 Å². The molecule has 0 saturated heterocycles. The van der Waals surface area contributed by atoms with Gasteiger partial charge in [0, 0.05) is 11.3 Å². The Labute approximate surface area is 117 Å². The van der Waals surface area contributed by atoms with Crippen LogP contribution in [0.2, 0.25) is 0 Å². The van der Waals surface area contributed by atoms with Gasteiger partial charge in [0.05, 0.1) is 11.9 Å². The molecule has 3 aromatic rings. The Morgan fingerprint density at radius 1 is 0.900 bits per heavy atom. The number of rotatable bonds is 1. The number of aromatic nitrogens is 2. The third kappa shape index (κ3) is 2.55. The number of para-hydroxylation sites is 1. The smallest absolute Gasteiger partial charge is 0.117 e. The first-order valence-electron chi connectivity index (χ1n) is 6.30. The van der Waals surface area contributed by atoms with E-state index in [0.717, 1.165) is 16.9 Å². The van der Waals surface area contributed by atoms with E-state index in [1.165, 1.54) is 0 Å². The van der Waals surface area contributed by atoms with E-state index in [2.05, 4.69) is 16.9 Å². The molecule has 2 N–H and O–H groups in total. The lowest BCUT2D eigenvalue weighted by molar-refractivity contribution is 0.869. The highest BCUT2D eigenvalue weighted by Gasteiger charge is 2.01. The zero-order valence-corrected chi connectivity index (χ0v) is 10.8. The highest BCUT2D eigenvalue weighted by Crippen LogP contribution is 2.09. The molecule has 0 aliphatic rings. The van der Waals surface area contributed by atoms with Crippen molar-refractivity contribution in [3.8, 4) is 17.5 Å². The lowest BCUT2D eigenvalue weighted by Gasteiger charge is -2.02. The normalized spacial score (nSPS) is 9.80. The summed E-state index contributed by atoms with van der Waals surface area (Å²) in [6, 6.07) is 19.4. The summed E-state index contributed by atoms with van der Waals surface area (Å²) in [6.45, 7) is 0. The van der Waals surface area contributed by atoms with Crippen LogP contribution in [0.25, 0.3) is 5.69 Å². The number of nitrogens with two attached hydrogens (primary N) is 1. The van der Waals surface area contributed by atoms with Gasteiger partial charge in [0.1, 0.15) is 5.69 Å². The molecule has 0 bridgehead atoms. The molecule has 0 spiro atoms. The lowest BCUT2D eigenvalue weighted by Crippen LogP contribution is -1.98. The number of hydrogen-bond acceptors (Lipinski definition) is 2. The van der Waals surface area contributed by atoms with Gasteiger partial charge in [-0.1, -0.05) is 30.2 Å². The Hall–Kier alpha value is -2.99. The standard InChI is InChI=1S/C17H13N3/c18-15-6-4-5-14(13-15)9-10-17-11-12-19-20(17)16-7-2-1-3-8-16/h1-8,11-13H,18H2. The van der Waals surface area contributed by atoms with Crippen molar-refractivity contribution in [2.45, 2.75) is 0 Å². The van der Waals surface area contributed by atoms with Crippen LogP contribution in [0, 0.1) is 11.8 Å². The molecule has 0 amide bonds. The minimum Gasteiger partial charge on any atom is -0.399 e. The van der Waals surface area contributed by atoms with E-state index in [1.54, 1.807) is 6.20 Å². The van der Waals surface area contributed by atoms with Crippen molar-refractivity contribution in [2.75, 3.05) is 5.73 Å². The molecule has 0 atom stereocenters. The monoisotopic (exact) mass is 259 g/mol. The maximum absolute atomic E-state index is 5.74. The van der Waals surface area contributed by atoms with Crippen molar-refractivity contribution in [2.24, 2.45) is 0 Å². The predicted octanol–water partition coefficient (Wildman–Crippen LogP) is 2.85. The van der Waals surface area contributed by atoms with Crippen LogP contribution in [-0.2, 0) is 0 Å². The summed E-state index contributed by atoms with van der Waals surface area (Å²) in [7, 11) is 0. The molecule has 0 unspecified atom stereocenters. The van der Waals surface area contributed by atoms with Gasteiger partial charge >= 0.3 is 0 Å². The van der Waals surface area contributed by atoms with Gasteiger partial charge in [-0.05, 0) is 42.3 Å². The van der Waals surface area contributed by atoms with E-state index in [4.69, 9.17) is 5.73 Å². The van der Waals surface area contributed by atoms with E-state index < -0.39 is 0 Å². The molecule has 3 heteroatoms. The van der Waals surface area contributed by atoms with Gasteiger partial charge in [0.2, 0.25) is 0 Å².